The summed E-state index contributed by atoms with van der Waals surface area (Å²) in [6, 6.07) is 0. The first kappa shape index (κ1) is 16.4. The van der Waals surface area contributed by atoms with Gasteiger partial charge in [0.2, 0.25) is 0 Å². The number of nitrogens with zero attached hydrogens (tertiary/aromatic N) is 2. The molecule has 0 aromatic carbocycles. The minimum Gasteiger partial charge on any atom is -0.481 e. The Morgan fingerprint density at radius 1 is 1.26 bits per heavy atom. The lowest BCUT2D eigenvalue weighted by molar-refractivity contribution is -0.147. The highest BCUT2D eigenvalue weighted by molar-refractivity contribution is 5.73. The lowest BCUT2D eigenvalue weighted by atomic mass is 9.87. The van der Waals surface area contributed by atoms with Crippen LogP contribution < -0.4 is 0 Å². The Kier molecular flexibility index (Phi) is 5.39. The molecule has 0 saturated carbocycles. The summed E-state index contributed by atoms with van der Waals surface area (Å²) in [6.07, 6.45) is 2.85. The molecule has 1 N–H and O–H groups in total. The Hall–Kier alpha value is -0.610. The summed E-state index contributed by atoms with van der Waals surface area (Å²) in [4.78, 5) is 15.9. The molecule has 0 aromatic rings. The number of hydrogen-bond donors (Lipinski definition) is 1. The highest BCUT2D eigenvalue weighted by Gasteiger charge is 2.31. The van der Waals surface area contributed by atoms with Crippen LogP contribution in [0.4, 0.5) is 0 Å². The molecule has 1 heterocycles. The molecule has 0 aliphatic carbocycles. The van der Waals surface area contributed by atoms with Crippen molar-refractivity contribution in [3.05, 3.63) is 0 Å². The molecule has 0 aromatic heterocycles. The van der Waals surface area contributed by atoms with Gasteiger partial charge in [-0.1, -0.05) is 6.42 Å². The normalized spacial score (nSPS) is 21.5. The molecule has 1 fully saturated rings. The standard InChI is InChI=1S/C15H30N2O2/c1-14(2,13(18)19)8-6-7-9-17-11-10-16(5)15(3,4)12-17/h6-12H2,1-5H3,(H,18,19). The number of aliphatic carboxylic acids is 1. The highest BCUT2D eigenvalue weighted by Crippen LogP contribution is 2.24. The zero-order valence-electron chi connectivity index (χ0n) is 13.2. The molecule has 0 amide bonds. The van der Waals surface area contributed by atoms with Gasteiger partial charge in [0.1, 0.15) is 0 Å². The van der Waals surface area contributed by atoms with Crippen LogP contribution in [0.3, 0.4) is 0 Å². The third kappa shape index (κ3) is 4.77. The van der Waals surface area contributed by atoms with Gasteiger partial charge < -0.3 is 10.0 Å². The van der Waals surface area contributed by atoms with Crippen molar-refractivity contribution in [2.24, 2.45) is 5.41 Å². The number of likely N-dealkylation sites (N-methyl/N-ethyl adjacent to an activating group) is 1. The van der Waals surface area contributed by atoms with E-state index >= 15 is 0 Å². The molecule has 19 heavy (non-hydrogen) atoms. The first-order chi connectivity index (χ1) is 8.65. The summed E-state index contributed by atoms with van der Waals surface area (Å²) in [6.45, 7) is 12.6. The van der Waals surface area contributed by atoms with Crippen LogP contribution in [0, 0.1) is 5.41 Å². The smallest absolute Gasteiger partial charge is 0.309 e. The van der Waals surface area contributed by atoms with Gasteiger partial charge in [-0.2, -0.15) is 0 Å². The molecule has 0 unspecified atom stereocenters. The van der Waals surface area contributed by atoms with Crippen molar-refractivity contribution in [1.82, 2.24) is 9.80 Å². The summed E-state index contributed by atoms with van der Waals surface area (Å²) < 4.78 is 0. The fraction of sp³-hybridized carbons (Fsp3) is 0.933. The van der Waals surface area contributed by atoms with Gasteiger partial charge in [0.25, 0.3) is 0 Å². The van der Waals surface area contributed by atoms with E-state index in [1.54, 1.807) is 0 Å². The van der Waals surface area contributed by atoms with Gasteiger partial charge in [0, 0.05) is 25.2 Å². The number of unbranched alkanes of at least 4 members (excludes halogenated alkanes) is 1. The van der Waals surface area contributed by atoms with Crippen molar-refractivity contribution >= 4 is 5.97 Å². The SMILES string of the molecule is CN1CCN(CCCCC(C)(C)C(=O)O)CC1(C)C. The van der Waals surface area contributed by atoms with Gasteiger partial charge in [0.15, 0.2) is 0 Å². The number of carbonyl (C=O) groups is 1. The molecule has 1 aliphatic rings. The fourth-order valence-corrected chi connectivity index (χ4v) is 2.54. The van der Waals surface area contributed by atoms with Gasteiger partial charge in [-0.05, 0) is 54.1 Å². The van der Waals surface area contributed by atoms with Crippen molar-refractivity contribution in [3.63, 3.8) is 0 Å². The third-order valence-corrected chi connectivity index (χ3v) is 4.50. The number of rotatable bonds is 6. The molecule has 1 rings (SSSR count). The van der Waals surface area contributed by atoms with Gasteiger partial charge >= 0.3 is 5.97 Å². The fourth-order valence-electron chi connectivity index (χ4n) is 2.54. The van der Waals surface area contributed by atoms with Crippen molar-refractivity contribution in [2.75, 3.05) is 33.2 Å². The monoisotopic (exact) mass is 270 g/mol. The summed E-state index contributed by atoms with van der Waals surface area (Å²) in [5.41, 5.74) is -0.333. The first-order valence-corrected chi connectivity index (χ1v) is 7.32. The lowest BCUT2D eigenvalue weighted by Crippen LogP contribution is -2.57. The van der Waals surface area contributed by atoms with E-state index in [0.717, 1.165) is 45.4 Å². The minimum absolute atomic E-state index is 0.249. The van der Waals surface area contributed by atoms with E-state index in [1.165, 1.54) is 0 Å². The predicted octanol–water partition coefficient (Wildman–Crippen LogP) is 2.29. The van der Waals surface area contributed by atoms with Crippen LogP contribution >= 0.6 is 0 Å². The second-order valence-electron chi connectivity index (χ2n) is 7.16. The zero-order valence-corrected chi connectivity index (χ0v) is 13.2. The molecule has 0 bridgehead atoms. The minimum atomic E-state index is -0.687. The van der Waals surface area contributed by atoms with Crippen molar-refractivity contribution in [2.45, 2.75) is 52.5 Å². The quantitative estimate of drug-likeness (QED) is 0.752. The van der Waals surface area contributed by atoms with Crippen LogP contribution in [0.15, 0.2) is 0 Å². The summed E-state index contributed by atoms with van der Waals surface area (Å²) in [5, 5.41) is 9.07. The van der Waals surface area contributed by atoms with E-state index < -0.39 is 11.4 Å². The van der Waals surface area contributed by atoms with Crippen LogP contribution in [0.1, 0.15) is 47.0 Å². The molecule has 4 nitrogen and oxygen atoms in total. The molecular formula is C15H30N2O2. The molecule has 0 spiro atoms. The molecule has 4 heteroatoms. The zero-order chi connectivity index (χ0) is 14.7. The van der Waals surface area contributed by atoms with E-state index in [9.17, 15) is 4.79 Å². The van der Waals surface area contributed by atoms with Crippen molar-refractivity contribution in [3.8, 4) is 0 Å². The van der Waals surface area contributed by atoms with Crippen LogP contribution in [0.25, 0.3) is 0 Å². The summed E-state index contributed by atoms with van der Waals surface area (Å²) in [7, 11) is 2.19. The molecule has 112 valence electrons. The van der Waals surface area contributed by atoms with Crippen molar-refractivity contribution in [1.29, 1.82) is 0 Å². The largest absolute Gasteiger partial charge is 0.481 e. The predicted molar refractivity (Wildman–Crippen MR) is 78.4 cm³/mol. The van der Waals surface area contributed by atoms with E-state index in [4.69, 9.17) is 5.11 Å². The maximum atomic E-state index is 11.0. The van der Waals surface area contributed by atoms with E-state index in [0.29, 0.717) is 0 Å². The number of carboxylic acid groups (broad SMARTS) is 1. The topological polar surface area (TPSA) is 43.8 Å². The first-order valence-electron chi connectivity index (χ1n) is 7.32. The van der Waals surface area contributed by atoms with Crippen LogP contribution in [0.2, 0.25) is 0 Å². The Labute approximate surface area is 117 Å². The second kappa shape index (κ2) is 6.23. The van der Waals surface area contributed by atoms with Gasteiger partial charge in [-0.3, -0.25) is 9.69 Å². The lowest BCUT2D eigenvalue weighted by Gasteiger charge is -2.45. The Morgan fingerprint density at radius 3 is 2.42 bits per heavy atom. The van der Waals surface area contributed by atoms with E-state index in [2.05, 4.69) is 30.7 Å². The molecular weight excluding hydrogens is 240 g/mol. The molecule has 0 radical (unpaired) electrons. The van der Waals surface area contributed by atoms with Gasteiger partial charge in [0.05, 0.1) is 5.41 Å². The maximum Gasteiger partial charge on any atom is 0.309 e. The molecule has 0 atom stereocenters. The number of piperazine rings is 1. The Balaban J connectivity index is 2.26. The Bertz CT molecular complexity index is 313. The average molecular weight is 270 g/mol. The van der Waals surface area contributed by atoms with E-state index in [1.807, 2.05) is 13.8 Å². The molecule has 1 saturated heterocycles. The summed E-state index contributed by atoms with van der Waals surface area (Å²) >= 11 is 0. The second-order valence-corrected chi connectivity index (χ2v) is 7.16. The van der Waals surface area contributed by atoms with E-state index in [-0.39, 0.29) is 5.54 Å². The van der Waals surface area contributed by atoms with Crippen LogP contribution in [0.5, 0.6) is 0 Å². The maximum absolute atomic E-state index is 11.0. The van der Waals surface area contributed by atoms with Gasteiger partial charge in [-0.15, -0.1) is 0 Å². The number of hydrogen-bond acceptors (Lipinski definition) is 3. The Morgan fingerprint density at radius 2 is 1.89 bits per heavy atom. The summed E-state index contributed by atoms with van der Waals surface area (Å²) in [5.74, 6) is -0.687. The van der Waals surface area contributed by atoms with Gasteiger partial charge in [-0.25, -0.2) is 0 Å². The number of carboxylic acids is 1. The third-order valence-electron chi connectivity index (χ3n) is 4.50. The highest BCUT2D eigenvalue weighted by atomic mass is 16.4. The van der Waals surface area contributed by atoms with Crippen LogP contribution in [-0.2, 0) is 4.79 Å². The molecule has 1 aliphatic heterocycles. The van der Waals surface area contributed by atoms with Crippen LogP contribution in [-0.4, -0.2) is 59.6 Å². The van der Waals surface area contributed by atoms with Crippen molar-refractivity contribution < 1.29 is 9.90 Å². The average Bonchev–Trinajstić information content (AvgIpc) is 2.28.